The smallest absolute Gasteiger partial charge is 0.251 e. The van der Waals surface area contributed by atoms with Crippen molar-refractivity contribution in [3.05, 3.63) is 0 Å². The second-order valence-electron chi connectivity index (χ2n) is 4.78. The molecule has 0 amide bonds. The Labute approximate surface area is 90.0 Å². The first-order valence-electron chi connectivity index (χ1n) is 5.92. The summed E-state index contributed by atoms with van der Waals surface area (Å²) in [6.07, 6.45) is 3.31. The molecule has 2 bridgehead atoms. The van der Waals surface area contributed by atoms with Gasteiger partial charge in [0.1, 0.15) is 0 Å². The van der Waals surface area contributed by atoms with E-state index >= 15 is 0 Å². The molecule has 2 aliphatic rings. The van der Waals surface area contributed by atoms with E-state index < -0.39 is 6.43 Å². The minimum atomic E-state index is -2.18. The summed E-state index contributed by atoms with van der Waals surface area (Å²) < 4.78 is 24.9. The van der Waals surface area contributed by atoms with Crippen molar-refractivity contribution in [2.75, 3.05) is 13.6 Å². The third-order valence-electron chi connectivity index (χ3n) is 3.88. The summed E-state index contributed by atoms with van der Waals surface area (Å²) >= 11 is 0. The van der Waals surface area contributed by atoms with Crippen LogP contribution >= 0.6 is 0 Å². The second-order valence-corrected chi connectivity index (χ2v) is 4.78. The molecular formula is C11H20F2N2. The van der Waals surface area contributed by atoms with Gasteiger partial charge in [-0.25, -0.2) is 8.78 Å². The van der Waals surface area contributed by atoms with Gasteiger partial charge in [-0.05, 0) is 32.7 Å². The largest absolute Gasteiger partial charge is 0.317 e. The molecule has 2 saturated heterocycles. The standard InChI is InChI=1S/C11H20F2N2/c1-14-8-5-9-3-2-4-10(6-8)15(9)7-11(12)13/h8-11,14H,2-7H2,1H3. The van der Waals surface area contributed by atoms with Gasteiger partial charge in [-0.3, -0.25) is 4.90 Å². The Balaban J connectivity index is 2.00. The molecule has 2 aliphatic heterocycles. The fourth-order valence-corrected chi connectivity index (χ4v) is 3.17. The molecule has 2 rings (SSSR count). The van der Waals surface area contributed by atoms with Gasteiger partial charge in [0.2, 0.25) is 0 Å². The normalized spacial score (nSPS) is 37.2. The summed E-state index contributed by atoms with van der Waals surface area (Å²) in [5, 5.41) is 3.29. The first-order valence-corrected chi connectivity index (χ1v) is 5.92. The predicted molar refractivity (Wildman–Crippen MR) is 56.2 cm³/mol. The summed E-state index contributed by atoms with van der Waals surface area (Å²) in [6.45, 7) is -0.0221. The lowest BCUT2D eigenvalue weighted by Gasteiger charge is -2.48. The Morgan fingerprint density at radius 3 is 2.33 bits per heavy atom. The number of nitrogens with zero attached hydrogens (tertiary/aromatic N) is 1. The molecule has 2 heterocycles. The zero-order valence-electron chi connectivity index (χ0n) is 9.26. The average Bonchev–Trinajstić information content (AvgIpc) is 2.16. The van der Waals surface area contributed by atoms with E-state index in [0.717, 1.165) is 25.7 Å². The van der Waals surface area contributed by atoms with E-state index in [9.17, 15) is 8.78 Å². The Kier molecular flexibility index (Phi) is 3.57. The maximum absolute atomic E-state index is 12.4. The van der Waals surface area contributed by atoms with Crippen LogP contribution in [0.2, 0.25) is 0 Å². The average molecular weight is 218 g/mol. The molecule has 0 aromatic heterocycles. The van der Waals surface area contributed by atoms with Crippen LogP contribution in [0.25, 0.3) is 0 Å². The van der Waals surface area contributed by atoms with E-state index in [4.69, 9.17) is 0 Å². The second kappa shape index (κ2) is 4.74. The van der Waals surface area contributed by atoms with E-state index in [1.165, 1.54) is 6.42 Å². The van der Waals surface area contributed by atoms with Gasteiger partial charge in [-0.2, -0.15) is 0 Å². The number of nitrogens with one attached hydrogen (secondary N) is 1. The molecule has 1 N–H and O–H groups in total. The van der Waals surface area contributed by atoms with Crippen molar-refractivity contribution >= 4 is 0 Å². The molecule has 15 heavy (non-hydrogen) atoms. The van der Waals surface area contributed by atoms with Crippen molar-refractivity contribution in [3.8, 4) is 0 Å². The molecule has 0 aromatic carbocycles. The summed E-state index contributed by atoms with van der Waals surface area (Å²) in [5.41, 5.74) is 0. The van der Waals surface area contributed by atoms with Crippen molar-refractivity contribution < 1.29 is 8.78 Å². The first kappa shape index (κ1) is 11.3. The van der Waals surface area contributed by atoms with Crippen LogP contribution in [0.5, 0.6) is 0 Å². The minimum Gasteiger partial charge on any atom is -0.317 e. The number of piperidine rings is 2. The van der Waals surface area contributed by atoms with E-state index in [2.05, 4.69) is 10.2 Å². The van der Waals surface area contributed by atoms with Crippen molar-refractivity contribution in [1.29, 1.82) is 0 Å². The van der Waals surface area contributed by atoms with Crippen LogP contribution in [0.1, 0.15) is 32.1 Å². The summed E-state index contributed by atoms with van der Waals surface area (Å²) in [4.78, 5) is 2.06. The molecule has 2 fully saturated rings. The third-order valence-corrected chi connectivity index (χ3v) is 3.88. The summed E-state index contributed by atoms with van der Waals surface area (Å²) in [6, 6.07) is 1.32. The van der Waals surface area contributed by atoms with Crippen LogP contribution in [0.4, 0.5) is 8.78 Å². The van der Waals surface area contributed by atoms with Crippen LogP contribution in [-0.4, -0.2) is 43.0 Å². The fraction of sp³-hybridized carbons (Fsp3) is 1.00. The van der Waals surface area contributed by atoms with Crippen LogP contribution in [-0.2, 0) is 0 Å². The van der Waals surface area contributed by atoms with Crippen molar-refractivity contribution in [3.63, 3.8) is 0 Å². The maximum atomic E-state index is 12.4. The van der Waals surface area contributed by atoms with Gasteiger partial charge in [0.05, 0.1) is 6.54 Å². The Morgan fingerprint density at radius 1 is 1.27 bits per heavy atom. The molecule has 4 heteroatoms. The van der Waals surface area contributed by atoms with E-state index in [0.29, 0.717) is 18.1 Å². The van der Waals surface area contributed by atoms with Gasteiger partial charge in [0.15, 0.2) is 0 Å². The Hall–Kier alpha value is -0.220. The molecule has 0 aromatic rings. The molecule has 2 atom stereocenters. The zero-order chi connectivity index (χ0) is 10.8. The minimum absolute atomic E-state index is 0.0221. The SMILES string of the molecule is CNC1CC2CCCC(C1)N2CC(F)F. The molecule has 0 radical (unpaired) electrons. The number of fused-ring (bicyclic) bond motifs is 2. The highest BCUT2D eigenvalue weighted by Gasteiger charge is 2.38. The van der Waals surface area contributed by atoms with Gasteiger partial charge in [0.25, 0.3) is 6.43 Å². The van der Waals surface area contributed by atoms with Gasteiger partial charge < -0.3 is 5.32 Å². The highest BCUT2D eigenvalue weighted by Crippen LogP contribution is 2.34. The zero-order valence-corrected chi connectivity index (χ0v) is 9.26. The van der Waals surface area contributed by atoms with Crippen LogP contribution in [0.3, 0.4) is 0 Å². The summed E-state index contributed by atoms with van der Waals surface area (Å²) in [7, 11) is 1.98. The number of hydrogen-bond donors (Lipinski definition) is 1. The fourth-order valence-electron chi connectivity index (χ4n) is 3.17. The molecular weight excluding hydrogens is 198 g/mol. The summed E-state index contributed by atoms with van der Waals surface area (Å²) in [5.74, 6) is 0. The van der Waals surface area contributed by atoms with Crippen LogP contribution in [0.15, 0.2) is 0 Å². The number of rotatable bonds is 3. The van der Waals surface area contributed by atoms with Gasteiger partial charge in [-0.15, -0.1) is 0 Å². The topological polar surface area (TPSA) is 15.3 Å². The van der Waals surface area contributed by atoms with Crippen LogP contribution in [0, 0.1) is 0 Å². The van der Waals surface area contributed by atoms with Gasteiger partial charge in [0, 0.05) is 18.1 Å². The first-order chi connectivity index (χ1) is 7.20. The lowest BCUT2D eigenvalue weighted by molar-refractivity contribution is -0.0185. The van der Waals surface area contributed by atoms with Crippen molar-refractivity contribution in [2.24, 2.45) is 0 Å². The lowest BCUT2D eigenvalue weighted by atomic mass is 9.82. The predicted octanol–water partition coefficient (Wildman–Crippen LogP) is 1.86. The van der Waals surface area contributed by atoms with E-state index in [-0.39, 0.29) is 6.54 Å². The molecule has 0 aliphatic carbocycles. The number of halogens is 2. The van der Waals surface area contributed by atoms with E-state index in [1.807, 2.05) is 7.05 Å². The van der Waals surface area contributed by atoms with E-state index in [1.54, 1.807) is 0 Å². The van der Waals surface area contributed by atoms with Gasteiger partial charge in [-0.1, -0.05) is 6.42 Å². The maximum Gasteiger partial charge on any atom is 0.251 e. The number of hydrogen-bond acceptors (Lipinski definition) is 2. The molecule has 2 nitrogen and oxygen atoms in total. The monoisotopic (exact) mass is 218 g/mol. The quantitative estimate of drug-likeness (QED) is 0.777. The third kappa shape index (κ3) is 2.48. The molecule has 0 saturated carbocycles. The van der Waals surface area contributed by atoms with Crippen LogP contribution < -0.4 is 5.32 Å². The lowest BCUT2D eigenvalue weighted by Crippen LogP contribution is -2.56. The molecule has 0 spiro atoms. The Bertz CT molecular complexity index is 197. The molecule has 2 unspecified atom stereocenters. The Morgan fingerprint density at radius 2 is 1.87 bits per heavy atom. The van der Waals surface area contributed by atoms with Gasteiger partial charge >= 0.3 is 0 Å². The number of alkyl halides is 2. The van der Waals surface area contributed by atoms with Crippen molar-refractivity contribution in [2.45, 2.75) is 56.7 Å². The van der Waals surface area contributed by atoms with Crippen molar-refractivity contribution in [1.82, 2.24) is 10.2 Å². The highest BCUT2D eigenvalue weighted by atomic mass is 19.3. The highest BCUT2D eigenvalue weighted by molar-refractivity contribution is 4.94. The molecule has 88 valence electrons.